The Morgan fingerprint density at radius 3 is 2.35 bits per heavy atom. The predicted molar refractivity (Wildman–Crippen MR) is 119 cm³/mol. The summed E-state index contributed by atoms with van der Waals surface area (Å²) in [6.07, 6.45) is 6.58. The van der Waals surface area contributed by atoms with E-state index in [1.165, 1.54) is 12.8 Å². The van der Waals surface area contributed by atoms with Gasteiger partial charge in [-0.3, -0.25) is 9.89 Å². The largest absolute Gasteiger partial charge is 0.379 e. The lowest BCUT2D eigenvalue weighted by atomic mass is 9.92. The molecule has 2 heterocycles. The highest BCUT2D eigenvalue weighted by Crippen LogP contribution is 2.19. The maximum absolute atomic E-state index is 5.53. The molecule has 1 aromatic heterocycles. The fraction of sp³-hybridized carbons (Fsp3) is 0.737. The van der Waals surface area contributed by atoms with Crippen molar-refractivity contribution in [2.45, 2.75) is 39.3 Å². The van der Waals surface area contributed by atoms with Crippen molar-refractivity contribution < 1.29 is 4.74 Å². The lowest BCUT2D eigenvalue weighted by Crippen LogP contribution is -2.53. The van der Waals surface area contributed by atoms with Crippen LogP contribution in [0.2, 0.25) is 0 Å². The molecule has 7 heteroatoms. The number of nitrogens with zero attached hydrogens (tertiary/aromatic N) is 3. The molecule has 0 amide bonds. The van der Waals surface area contributed by atoms with Crippen LogP contribution in [-0.2, 0) is 11.3 Å². The first-order chi connectivity index (χ1) is 12.3. The first-order valence-corrected chi connectivity index (χ1v) is 9.65. The van der Waals surface area contributed by atoms with Gasteiger partial charge in [-0.2, -0.15) is 0 Å². The van der Waals surface area contributed by atoms with Gasteiger partial charge in [-0.1, -0.05) is 26.7 Å². The molecule has 0 bridgehead atoms. The standard InChI is InChI=1S/C19H35N5O.HI/c1-4-17(5-2)18(24-12-14-25-15-13-24)16-22-19(20-3)21-8-11-23-9-6-7-10-23;/h6-7,9-10,17-18H,4-5,8,11-16H2,1-3H3,(H2,20,21,22);1H. The SMILES string of the molecule is CCC(CC)C(CNC(=NC)NCCn1cccc1)N1CCOCC1.I. The van der Waals surface area contributed by atoms with E-state index in [2.05, 4.69) is 63.5 Å². The highest BCUT2D eigenvalue weighted by molar-refractivity contribution is 14.0. The Kier molecular flexibility index (Phi) is 12.0. The second-order valence-electron chi connectivity index (χ2n) is 6.59. The van der Waals surface area contributed by atoms with Crippen LogP contribution in [0.4, 0.5) is 0 Å². The predicted octanol–water partition coefficient (Wildman–Crippen LogP) is 2.41. The maximum Gasteiger partial charge on any atom is 0.191 e. The molecular formula is C19H36IN5O. The average molecular weight is 477 g/mol. The molecule has 1 unspecified atom stereocenters. The van der Waals surface area contributed by atoms with Crippen LogP contribution >= 0.6 is 24.0 Å². The summed E-state index contributed by atoms with van der Waals surface area (Å²) in [6.45, 7) is 11.1. The third-order valence-electron chi connectivity index (χ3n) is 5.14. The number of morpholine rings is 1. The van der Waals surface area contributed by atoms with Crippen molar-refractivity contribution in [3.63, 3.8) is 0 Å². The molecule has 1 aliphatic heterocycles. The Bertz CT molecular complexity index is 484. The zero-order valence-corrected chi connectivity index (χ0v) is 18.8. The van der Waals surface area contributed by atoms with Gasteiger partial charge in [-0.25, -0.2) is 0 Å². The van der Waals surface area contributed by atoms with Crippen LogP contribution in [0, 0.1) is 5.92 Å². The number of guanidine groups is 1. The maximum atomic E-state index is 5.53. The Labute approximate surface area is 175 Å². The van der Waals surface area contributed by atoms with Gasteiger partial charge < -0.3 is 19.9 Å². The monoisotopic (exact) mass is 477 g/mol. The van der Waals surface area contributed by atoms with Crippen molar-refractivity contribution in [2.75, 3.05) is 46.4 Å². The zero-order valence-electron chi connectivity index (χ0n) is 16.5. The second-order valence-corrected chi connectivity index (χ2v) is 6.59. The lowest BCUT2D eigenvalue weighted by molar-refractivity contribution is 0.00272. The molecule has 1 atom stereocenters. The van der Waals surface area contributed by atoms with Gasteiger partial charge in [-0.15, -0.1) is 24.0 Å². The molecule has 2 rings (SSSR count). The van der Waals surface area contributed by atoms with Gasteiger partial charge >= 0.3 is 0 Å². The number of hydrogen-bond donors (Lipinski definition) is 2. The first-order valence-electron chi connectivity index (χ1n) is 9.65. The Morgan fingerprint density at radius 2 is 1.77 bits per heavy atom. The molecule has 0 aromatic carbocycles. The number of ether oxygens (including phenoxy) is 1. The zero-order chi connectivity index (χ0) is 17.9. The van der Waals surface area contributed by atoms with E-state index in [9.17, 15) is 0 Å². The Balaban J connectivity index is 0.00000338. The Morgan fingerprint density at radius 1 is 1.12 bits per heavy atom. The van der Waals surface area contributed by atoms with E-state index in [4.69, 9.17) is 4.74 Å². The number of aliphatic imine (C=N–C) groups is 1. The summed E-state index contributed by atoms with van der Waals surface area (Å²) in [4.78, 5) is 6.96. The third-order valence-corrected chi connectivity index (χ3v) is 5.14. The van der Waals surface area contributed by atoms with Crippen molar-refractivity contribution in [2.24, 2.45) is 10.9 Å². The normalized spacial score (nSPS) is 17.0. The van der Waals surface area contributed by atoms with Crippen LogP contribution in [0.1, 0.15) is 26.7 Å². The molecule has 0 radical (unpaired) electrons. The molecule has 150 valence electrons. The van der Waals surface area contributed by atoms with E-state index in [-0.39, 0.29) is 24.0 Å². The van der Waals surface area contributed by atoms with E-state index in [0.29, 0.717) is 12.0 Å². The van der Waals surface area contributed by atoms with Gasteiger partial charge in [-0.05, 0) is 18.1 Å². The van der Waals surface area contributed by atoms with E-state index in [0.717, 1.165) is 51.9 Å². The minimum absolute atomic E-state index is 0. The number of nitrogens with one attached hydrogen (secondary N) is 2. The van der Waals surface area contributed by atoms with Crippen molar-refractivity contribution in [3.05, 3.63) is 24.5 Å². The molecule has 1 aromatic rings. The van der Waals surface area contributed by atoms with E-state index >= 15 is 0 Å². The van der Waals surface area contributed by atoms with Gasteiger partial charge in [0.1, 0.15) is 0 Å². The average Bonchev–Trinajstić information content (AvgIpc) is 3.17. The Hall–Kier alpha value is -0.800. The molecule has 2 N–H and O–H groups in total. The summed E-state index contributed by atoms with van der Waals surface area (Å²) < 4.78 is 7.70. The van der Waals surface area contributed by atoms with E-state index in [1.807, 2.05) is 7.05 Å². The minimum Gasteiger partial charge on any atom is -0.379 e. The lowest BCUT2D eigenvalue weighted by Gasteiger charge is -2.39. The second kappa shape index (κ2) is 13.4. The van der Waals surface area contributed by atoms with Crippen molar-refractivity contribution >= 4 is 29.9 Å². The van der Waals surface area contributed by atoms with Crippen LogP contribution in [0.15, 0.2) is 29.5 Å². The van der Waals surface area contributed by atoms with Gasteiger partial charge in [0.25, 0.3) is 0 Å². The molecule has 6 nitrogen and oxygen atoms in total. The molecule has 0 aliphatic carbocycles. The number of halogens is 1. The van der Waals surface area contributed by atoms with Crippen LogP contribution in [-0.4, -0.2) is 67.9 Å². The third kappa shape index (κ3) is 7.44. The summed E-state index contributed by atoms with van der Waals surface area (Å²) in [5.41, 5.74) is 0. The number of rotatable bonds is 9. The summed E-state index contributed by atoms with van der Waals surface area (Å²) in [7, 11) is 1.84. The van der Waals surface area contributed by atoms with Crippen molar-refractivity contribution in [1.82, 2.24) is 20.1 Å². The first kappa shape index (κ1) is 23.2. The van der Waals surface area contributed by atoms with Crippen LogP contribution in [0.5, 0.6) is 0 Å². The fourth-order valence-electron chi connectivity index (χ4n) is 3.58. The summed E-state index contributed by atoms with van der Waals surface area (Å²) in [5.74, 6) is 1.58. The van der Waals surface area contributed by atoms with Crippen LogP contribution in [0.25, 0.3) is 0 Å². The minimum atomic E-state index is 0. The van der Waals surface area contributed by atoms with Gasteiger partial charge in [0.15, 0.2) is 5.96 Å². The summed E-state index contributed by atoms with van der Waals surface area (Å²) in [6, 6.07) is 4.63. The topological polar surface area (TPSA) is 53.8 Å². The fourth-order valence-corrected chi connectivity index (χ4v) is 3.58. The van der Waals surface area contributed by atoms with Crippen molar-refractivity contribution in [3.8, 4) is 0 Å². The highest BCUT2D eigenvalue weighted by Gasteiger charge is 2.26. The van der Waals surface area contributed by atoms with Crippen molar-refractivity contribution in [1.29, 1.82) is 0 Å². The molecular weight excluding hydrogens is 441 g/mol. The smallest absolute Gasteiger partial charge is 0.191 e. The molecule has 1 fully saturated rings. The van der Waals surface area contributed by atoms with Crippen LogP contribution < -0.4 is 10.6 Å². The number of hydrogen-bond acceptors (Lipinski definition) is 3. The van der Waals surface area contributed by atoms with Gasteiger partial charge in [0, 0.05) is 58.2 Å². The molecule has 0 spiro atoms. The molecule has 26 heavy (non-hydrogen) atoms. The molecule has 1 saturated heterocycles. The summed E-state index contributed by atoms with van der Waals surface area (Å²) >= 11 is 0. The summed E-state index contributed by atoms with van der Waals surface area (Å²) in [5, 5.41) is 6.96. The molecule has 0 saturated carbocycles. The quantitative estimate of drug-likeness (QED) is 0.326. The highest BCUT2D eigenvalue weighted by atomic mass is 127. The van der Waals surface area contributed by atoms with E-state index in [1.54, 1.807) is 0 Å². The van der Waals surface area contributed by atoms with Crippen LogP contribution in [0.3, 0.4) is 0 Å². The number of aromatic nitrogens is 1. The van der Waals surface area contributed by atoms with Gasteiger partial charge in [0.2, 0.25) is 0 Å². The van der Waals surface area contributed by atoms with E-state index < -0.39 is 0 Å². The van der Waals surface area contributed by atoms with Gasteiger partial charge in [0.05, 0.1) is 13.2 Å². The molecule has 1 aliphatic rings.